The van der Waals surface area contributed by atoms with E-state index in [2.05, 4.69) is 12.6 Å². The molecule has 0 aliphatic rings. The van der Waals surface area contributed by atoms with E-state index in [4.69, 9.17) is 0 Å². The van der Waals surface area contributed by atoms with Crippen LogP contribution in [0.1, 0.15) is 0 Å². The zero-order chi connectivity index (χ0) is 5.11. The van der Waals surface area contributed by atoms with Gasteiger partial charge in [-0.05, 0) is 12.1 Å². The summed E-state index contributed by atoms with van der Waals surface area (Å²) in [5, 5.41) is 0. The van der Waals surface area contributed by atoms with E-state index in [1.165, 1.54) is 0 Å². The highest BCUT2D eigenvalue weighted by Gasteiger charge is 1.73. The zero-order valence-corrected chi connectivity index (χ0v) is 6.23. The van der Waals surface area contributed by atoms with Crippen LogP contribution < -0.4 is 0 Å². The van der Waals surface area contributed by atoms with Crippen LogP contribution in [0.2, 0.25) is 0 Å². The molecule has 8 heavy (non-hydrogen) atoms. The molecule has 0 unspecified atom stereocenters. The fourth-order valence-electron chi connectivity index (χ4n) is 0.428. The number of thiol groups is 1. The number of rotatable bonds is 0. The molecule has 1 aromatic rings. The van der Waals surface area contributed by atoms with Crippen LogP contribution in [0.4, 0.5) is 0 Å². The number of hydrogen-bond acceptors (Lipinski definition) is 1. The van der Waals surface area contributed by atoms with Gasteiger partial charge in [0.1, 0.15) is 0 Å². The first kappa shape index (κ1) is 7.92. The average Bonchev–Trinajstić information content (AvgIpc) is 1.69. The van der Waals surface area contributed by atoms with E-state index in [0.717, 1.165) is 4.90 Å². The molecule has 1 aromatic carbocycles. The summed E-state index contributed by atoms with van der Waals surface area (Å²) in [5.74, 6) is 0. The van der Waals surface area contributed by atoms with Crippen molar-refractivity contribution in [1.29, 1.82) is 0 Å². The summed E-state index contributed by atoms with van der Waals surface area (Å²) < 4.78 is 0. The summed E-state index contributed by atoms with van der Waals surface area (Å²) in [7, 11) is 0. The number of benzene rings is 1. The van der Waals surface area contributed by atoms with Crippen LogP contribution in [0.5, 0.6) is 0 Å². The molecule has 0 aromatic heterocycles. The van der Waals surface area contributed by atoms with Crippen LogP contribution in [0.15, 0.2) is 35.2 Å². The molecule has 0 bridgehead atoms. The first-order chi connectivity index (χ1) is 3.39. The van der Waals surface area contributed by atoms with Gasteiger partial charge in [-0.3, -0.25) is 0 Å². The molecule has 1 rings (SSSR count). The molecule has 0 radical (unpaired) electrons. The smallest absolute Gasteiger partial charge is 0.00399 e. The Morgan fingerprint density at radius 2 is 1.50 bits per heavy atom. The van der Waals surface area contributed by atoms with E-state index < -0.39 is 0 Å². The second kappa shape index (κ2) is 3.87. The molecule has 0 aliphatic heterocycles. The summed E-state index contributed by atoms with van der Waals surface area (Å²) in [6.07, 6.45) is 0. The molecule has 0 spiro atoms. The van der Waals surface area contributed by atoms with E-state index in [-0.39, 0.29) is 13.5 Å². The van der Waals surface area contributed by atoms with Crippen molar-refractivity contribution in [3.05, 3.63) is 30.3 Å². The summed E-state index contributed by atoms with van der Waals surface area (Å²) in [4.78, 5) is 1.02. The SMILES string of the molecule is S.Sc1ccccc1. The Kier molecular flexibility index (Phi) is 3.83. The third-order valence-corrected chi connectivity index (χ3v) is 1.05. The van der Waals surface area contributed by atoms with Gasteiger partial charge in [0.2, 0.25) is 0 Å². The van der Waals surface area contributed by atoms with Gasteiger partial charge >= 0.3 is 0 Å². The van der Waals surface area contributed by atoms with Crippen LogP contribution >= 0.6 is 26.1 Å². The third kappa shape index (κ3) is 2.28. The largest absolute Gasteiger partial charge is 0.197 e. The maximum atomic E-state index is 4.08. The van der Waals surface area contributed by atoms with Gasteiger partial charge < -0.3 is 0 Å². The summed E-state index contributed by atoms with van der Waals surface area (Å²) in [5.41, 5.74) is 0. The lowest BCUT2D eigenvalue weighted by atomic mass is 10.4. The maximum Gasteiger partial charge on any atom is 0.00399 e. The monoisotopic (exact) mass is 144 g/mol. The van der Waals surface area contributed by atoms with E-state index in [9.17, 15) is 0 Å². The Balaban J connectivity index is 0.000000490. The van der Waals surface area contributed by atoms with Crippen LogP contribution in [-0.2, 0) is 0 Å². The molecule has 0 N–H and O–H groups in total. The minimum Gasteiger partial charge on any atom is -0.197 e. The highest BCUT2D eigenvalue weighted by atomic mass is 32.1. The topological polar surface area (TPSA) is 0 Å². The van der Waals surface area contributed by atoms with Crippen LogP contribution in [0.3, 0.4) is 0 Å². The Hall–Kier alpha value is -0.0800. The standard InChI is InChI=1S/C6H6S.H2S/c7-6-4-2-1-3-5-6;/h1-5,7H;1H2. The molecular formula is C6H8S2. The second-order valence-electron chi connectivity index (χ2n) is 1.34. The minimum atomic E-state index is 0. The first-order valence-corrected chi connectivity index (χ1v) is 2.58. The molecule has 44 valence electrons. The minimum absolute atomic E-state index is 0. The summed E-state index contributed by atoms with van der Waals surface area (Å²) >= 11 is 4.08. The highest BCUT2D eigenvalue weighted by Crippen LogP contribution is 2.00. The lowest BCUT2D eigenvalue weighted by Crippen LogP contribution is -1.56. The molecule has 0 atom stereocenters. The zero-order valence-electron chi connectivity index (χ0n) is 4.33. The Bertz CT molecular complexity index is 136. The predicted octanol–water partition coefficient (Wildman–Crippen LogP) is 2.09. The lowest BCUT2D eigenvalue weighted by molar-refractivity contribution is 1.48. The first-order valence-electron chi connectivity index (χ1n) is 2.13. The quantitative estimate of drug-likeness (QED) is 0.530. The molecular weight excluding hydrogens is 136 g/mol. The fraction of sp³-hybridized carbons (Fsp3) is 0. The van der Waals surface area contributed by atoms with Crippen molar-refractivity contribution in [1.82, 2.24) is 0 Å². The molecule has 0 saturated heterocycles. The summed E-state index contributed by atoms with van der Waals surface area (Å²) in [6.45, 7) is 0. The van der Waals surface area contributed by atoms with Gasteiger partial charge in [-0.25, -0.2) is 0 Å². The second-order valence-corrected chi connectivity index (χ2v) is 1.85. The van der Waals surface area contributed by atoms with Crippen molar-refractivity contribution in [2.45, 2.75) is 4.90 Å². The average molecular weight is 144 g/mol. The molecule has 0 aliphatic carbocycles. The van der Waals surface area contributed by atoms with E-state index in [1.54, 1.807) is 0 Å². The Labute approximate surface area is 61.8 Å². The van der Waals surface area contributed by atoms with Crippen LogP contribution in [-0.4, -0.2) is 0 Å². The molecule has 2 heteroatoms. The van der Waals surface area contributed by atoms with E-state index >= 15 is 0 Å². The number of hydrogen-bond donors (Lipinski definition) is 1. The van der Waals surface area contributed by atoms with Gasteiger partial charge in [-0.15, -0.1) is 12.6 Å². The molecule has 0 heterocycles. The molecule has 0 amide bonds. The van der Waals surface area contributed by atoms with Crippen molar-refractivity contribution in [2.24, 2.45) is 0 Å². The van der Waals surface area contributed by atoms with E-state index in [0.29, 0.717) is 0 Å². The molecule has 0 saturated carbocycles. The van der Waals surface area contributed by atoms with Gasteiger partial charge in [-0.2, -0.15) is 13.5 Å². The lowest BCUT2D eigenvalue weighted by Gasteiger charge is -1.81. The van der Waals surface area contributed by atoms with E-state index in [1.807, 2.05) is 30.3 Å². The van der Waals surface area contributed by atoms with Crippen LogP contribution in [0.25, 0.3) is 0 Å². The maximum absolute atomic E-state index is 4.08. The van der Waals surface area contributed by atoms with Crippen molar-refractivity contribution < 1.29 is 0 Å². The van der Waals surface area contributed by atoms with Gasteiger partial charge in [0.25, 0.3) is 0 Å². The van der Waals surface area contributed by atoms with Crippen molar-refractivity contribution in [3.8, 4) is 0 Å². The fourth-order valence-corrected chi connectivity index (χ4v) is 0.600. The Morgan fingerprint density at radius 3 is 1.75 bits per heavy atom. The molecule has 0 fully saturated rings. The highest BCUT2D eigenvalue weighted by molar-refractivity contribution is 7.80. The van der Waals surface area contributed by atoms with Gasteiger partial charge in [0.05, 0.1) is 0 Å². The normalized spacial score (nSPS) is 7.62. The summed E-state index contributed by atoms with van der Waals surface area (Å²) in [6, 6.07) is 9.79. The van der Waals surface area contributed by atoms with Gasteiger partial charge in [-0.1, -0.05) is 18.2 Å². The van der Waals surface area contributed by atoms with Gasteiger partial charge in [0.15, 0.2) is 0 Å². The van der Waals surface area contributed by atoms with Crippen molar-refractivity contribution in [3.63, 3.8) is 0 Å². The Morgan fingerprint density at radius 1 is 1.00 bits per heavy atom. The predicted molar refractivity (Wildman–Crippen MR) is 44.1 cm³/mol. The van der Waals surface area contributed by atoms with Gasteiger partial charge in [0, 0.05) is 4.90 Å². The van der Waals surface area contributed by atoms with Crippen molar-refractivity contribution in [2.75, 3.05) is 0 Å². The van der Waals surface area contributed by atoms with Crippen molar-refractivity contribution >= 4 is 26.1 Å². The molecule has 0 nitrogen and oxygen atoms in total. The van der Waals surface area contributed by atoms with Crippen LogP contribution in [0, 0.1) is 0 Å². The third-order valence-electron chi connectivity index (χ3n) is 0.756.